The van der Waals surface area contributed by atoms with E-state index in [1.807, 2.05) is 6.92 Å². The minimum Gasteiger partial charge on any atom is -0.198 e. The third kappa shape index (κ3) is 11.5. The summed E-state index contributed by atoms with van der Waals surface area (Å²) in [6.45, 7) is 6.49. The van der Waals surface area contributed by atoms with Crippen molar-refractivity contribution in [2.75, 3.05) is 0 Å². The zero-order valence-corrected chi connectivity index (χ0v) is 12.0. The molecule has 0 heterocycles. The Labute approximate surface area is 108 Å². The van der Waals surface area contributed by atoms with Crippen LogP contribution >= 0.6 is 0 Å². The van der Waals surface area contributed by atoms with Gasteiger partial charge in [-0.25, -0.2) is 0 Å². The lowest BCUT2D eigenvalue weighted by Gasteiger charge is -2.03. The lowest BCUT2D eigenvalue weighted by atomic mass is 10.0. The first-order chi connectivity index (χ1) is 8.20. The van der Waals surface area contributed by atoms with E-state index in [0.717, 1.165) is 12.8 Å². The van der Waals surface area contributed by atoms with Crippen LogP contribution in [0, 0.1) is 17.2 Å². The highest BCUT2D eigenvalue weighted by molar-refractivity contribution is 4.97. The molecule has 1 unspecified atom stereocenters. The summed E-state index contributed by atoms with van der Waals surface area (Å²) in [4.78, 5) is 0. The molecular weight excluding hydrogens is 206 g/mol. The van der Waals surface area contributed by atoms with Crippen LogP contribution in [0.2, 0.25) is 0 Å². The second kappa shape index (κ2) is 11.7. The first kappa shape index (κ1) is 16.2. The van der Waals surface area contributed by atoms with Gasteiger partial charge in [-0.2, -0.15) is 5.26 Å². The average molecular weight is 235 g/mol. The molecule has 0 aromatic heterocycles. The van der Waals surface area contributed by atoms with E-state index in [1.54, 1.807) is 0 Å². The van der Waals surface area contributed by atoms with Crippen molar-refractivity contribution in [3.8, 4) is 6.07 Å². The third-order valence-corrected chi connectivity index (χ3v) is 3.23. The molecule has 0 bridgehead atoms. The smallest absolute Gasteiger partial charge is 0.0652 e. The predicted octanol–water partition coefficient (Wildman–Crippen LogP) is 5.62. The molecule has 0 aliphatic carbocycles. The van der Waals surface area contributed by atoms with E-state index in [0.29, 0.717) is 0 Å². The Morgan fingerprint density at radius 3 is 2.53 bits per heavy atom. The van der Waals surface area contributed by atoms with Crippen LogP contribution in [0.1, 0.15) is 78.6 Å². The van der Waals surface area contributed by atoms with Crippen molar-refractivity contribution >= 4 is 0 Å². The summed E-state index contributed by atoms with van der Waals surface area (Å²) >= 11 is 0. The summed E-state index contributed by atoms with van der Waals surface area (Å²) in [6, 6.07) is 2.29. The van der Waals surface area contributed by atoms with Gasteiger partial charge in [0.05, 0.1) is 6.07 Å². The Morgan fingerprint density at radius 1 is 1.18 bits per heavy atom. The molecule has 0 spiro atoms. The molecule has 0 aromatic rings. The summed E-state index contributed by atoms with van der Waals surface area (Å²) in [5.41, 5.74) is 1.51. The summed E-state index contributed by atoms with van der Waals surface area (Å²) in [5, 5.41) is 8.68. The zero-order chi connectivity index (χ0) is 12.9. The molecule has 0 aliphatic rings. The number of allylic oxidation sites excluding steroid dienone is 2. The van der Waals surface area contributed by atoms with Crippen molar-refractivity contribution in [1.29, 1.82) is 5.26 Å². The van der Waals surface area contributed by atoms with Crippen LogP contribution in [0.25, 0.3) is 0 Å². The van der Waals surface area contributed by atoms with E-state index in [1.165, 1.54) is 50.5 Å². The molecule has 98 valence electrons. The van der Waals surface area contributed by atoms with Crippen molar-refractivity contribution < 1.29 is 0 Å². The lowest BCUT2D eigenvalue weighted by Crippen LogP contribution is -1.90. The van der Waals surface area contributed by atoms with Gasteiger partial charge >= 0.3 is 0 Å². The van der Waals surface area contributed by atoms with Crippen molar-refractivity contribution in [3.05, 3.63) is 11.6 Å². The van der Waals surface area contributed by atoms with Gasteiger partial charge in [0, 0.05) is 5.92 Å². The van der Waals surface area contributed by atoms with Crippen LogP contribution in [0.4, 0.5) is 0 Å². The SMILES string of the molecule is CCCCCCCC=C(C)CCCC(C)C#N. The second-order valence-corrected chi connectivity index (χ2v) is 5.18. The number of nitrogens with zero attached hydrogens (tertiary/aromatic N) is 1. The Balaban J connectivity index is 3.42. The molecule has 0 aliphatic heterocycles. The number of hydrogen-bond acceptors (Lipinski definition) is 1. The van der Waals surface area contributed by atoms with Gasteiger partial charge < -0.3 is 0 Å². The van der Waals surface area contributed by atoms with Crippen LogP contribution < -0.4 is 0 Å². The molecule has 0 aromatic carbocycles. The Hall–Kier alpha value is -0.770. The number of rotatable bonds is 10. The first-order valence-electron chi connectivity index (χ1n) is 7.26. The van der Waals surface area contributed by atoms with Crippen LogP contribution in [0.5, 0.6) is 0 Å². The van der Waals surface area contributed by atoms with Crippen LogP contribution in [0.3, 0.4) is 0 Å². The summed E-state index contributed by atoms with van der Waals surface area (Å²) in [5.74, 6) is 0.219. The molecule has 0 amide bonds. The van der Waals surface area contributed by atoms with Gasteiger partial charge in [0.15, 0.2) is 0 Å². The van der Waals surface area contributed by atoms with E-state index in [4.69, 9.17) is 5.26 Å². The predicted molar refractivity (Wildman–Crippen MR) is 75.8 cm³/mol. The van der Waals surface area contributed by atoms with Crippen molar-refractivity contribution in [2.45, 2.75) is 78.6 Å². The quantitative estimate of drug-likeness (QED) is 0.356. The summed E-state index contributed by atoms with van der Waals surface area (Å²) in [6.07, 6.45) is 13.8. The molecule has 0 saturated carbocycles. The highest BCUT2D eigenvalue weighted by atomic mass is 14.3. The fourth-order valence-corrected chi connectivity index (χ4v) is 1.95. The van der Waals surface area contributed by atoms with Crippen LogP contribution in [-0.2, 0) is 0 Å². The van der Waals surface area contributed by atoms with E-state index in [2.05, 4.69) is 26.0 Å². The fraction of sp³-hybridized carbons (Fsp3) is 0.812. The highest BCUT2D eigenvalue weighted by Crippen LogP contribution is 2.13. The zero-order valence-electron chi connectivity index (χ0n) is 12.0. The van der Waals surface area contributed by atoms with Crippen molar-refractivity contribution in [2.24, 2.45) is 5.92 Å². The van der Waals surface area contributed by atoms with E-state index in [-0.39, 0.29) is 5.92 Å². The summed E-state index contributed by atoms with van der Waals surface area (Å²) in [7, 11) is 0. The molecule has 0 rings (SSSR count). The molecule has 1 atom stereocenters. The monoisotopic (exact) mass is 235 g/mol. The van der Waals surface area contributed by atoms with Gasteiger partial charge in [-0.3, -0.25) is 0 Å². The minimum absolute atomic E-state index is 0.219. The first-order valence-corrected chi connectivity index (χ1v) is 7.26. The van der Waals surface area contributed by atoms with Crippen LogP contribution in [-0.4, -0.2) is 0 Å². The average Bonchev–Trinajstić information content (AvgIpc) is 2.33. The largest absolute Gasteiger partial charge is 0.198 e. The highest BCUT2D eigenvalue weighted by Gasteiger charge is 1.99. The van der Waals surface area contributed by atoms with Crippen molar-refractivity contribution in [1.82, 2.24) is 0 Å². The maximum Gasteiger partial charge on any atom is 0.0652 e. The molecule has 1 heteroatoms. The van der Waals surface area contributed by atoms with Gasteiger partial charge in [-0.15, -0.1) is 0 Å². The van der Waals surface area contributed by atoms with Crippen LogP contribution in [0.15, 0.2) is 11.6 Å². The van der Waals surface area contributed by atoms with Gasteiger partial charge in [-0.05, 0) is 46.0 Å². The Bertz CT molecular complexity index is 234. The molecular formula is C16H29N. The van der Waals surface area contributed by atoms with Gasteiger partial charge in [0.2, 0.25) is 0 Å². The molecule has 17 heavy (non-hydrogen) atoms. The molecule has 0 N–H and O–H groups in total. The topological polar surface area (TPSA) is 23.8 Å². The molecule has 1 nitrogen and oxygen atoms in total. The maximum absolute atomic E-state index is 8.68. The van der Waals surface area contributed by atoms with E-state index >= 15 is 0 Å². The maximum atomic E-state index is 8.68. The summed E-state index contributed by atoms with van der Waals surface area (Å²) < 4.78 is 0. The second-order valence-electron chi connectivity index (χ2n) is 5.18. The third-order valence-electron chi connectivity index (χ3n) is 3.23. The Morgan fingerprint density at radius 2 is 1.88 bits per heavy atom. The van der Waals surface area contributed by atoms with E-state index in [9.17, 15) is 0 Å². The molecule has 0 fully saturated rings. The van der Waals surface area contributed by atoms with Crippen molar-refractivity contribution in [3.63, 3.8) is 0 Å². The molecule has 0 radical (unpaired) electrons. The standard InChI is InChI=1S/C16H29N/c1-4-5-6-7-8-9-11-15(2)12-10-13-16(3)14-17/h11,16H,4-10,12-13H2,1-3H3. The normalized spacial score (nSPS) is 13.4. The number of unbranched alkanes of at least 4 members (excludes halogenated alkanes) is 5. The number of nitriles is 1. The van der Waals surface area contributed by atoms with Gasteiger partial charge in [0.1, 0.15) is 0 Å². The lowest BCUT2D eigenvalue weighted by molar-refractivity contribution is 0.611. The Kier molecular flexibility index (Phi) is 11.2. The van der Waals surface area contributed by atoms with Gasteiger partial charge in [-0.1, -0.05) is 44.3 Å². The fourth-order valence-electron chi connectivity index (χ4n) is 1.95. The molecule has 0 saturated heterocycles. The number of hydrogen-bond donors (Lipinski definition) is 0. The van der Waals surface area contributed by atoms with E-state index < -0.39 is 0 Å². The van der Waals surface area contributed by atoms with Gasteiger partial charge in [0.25, 0.3) is 0 Å². The minimum atomic E-state index is 0.219.